The molecule has 0 aliphatic carbocycles. The SMILES string of the molecule is COCCCN(C(=O)c1cc(C)cc(C)c1)C1CCS(=O)(=O)C1. The Morgan fingerprint density at radius 1 is 1.26 bits per heavy atom. The summed E-state index contributed by atoms with van der Waals surface area (Å²) in [6.45, 7) is 4.98. The number of hydrogen-bond acceptors (Lipinski definition) is 4. The Labute approximate surface area is 138 Å². The number of amides is 1. The molecule has 1 aromatic carbocycles. The average molecular weight is 339 g/mol. The van der Waals surface area contributed by atoms with Crippen molar-refractivity contribution >= 4 is 15.7 Å². The highest BCUT2D eigenvalue weighted by atomic mass is 32.2. The predicted octanol–water partition coefficient (Wildman–Crippen LogP) is 1.97. The highest BCUT2D eigenvalue weighted by molar-refractivity contribution is 7.91. The molecule has 6 heteroatoms. The largest absolute Gasteiger partial charge is 0.385 e. The Balaban J connectivity index is 2.23. The van der Waals surface area contributed by atoms with Crippen LogP contribution in [0.15, 0.2) is 18.2 Å². The van der Waals surface area contributed by atoms with Gasteiger partial charge in [0.1, 0.15) is 0 Å². The second-order valence-corrected chi connectivity index (χ2v) is 8.51. The van der Waals surface area contributed by atoms with Crippen LogP contribution in [0.3, 0.4) is 0 Å². The lowest BCUT2D eigenvalue weighted by Crippen LogP contribution is -2.42. The fourth-order valence-corrected chi connectivity index (χ4v) is 4.85. The maximum absolute atomic E-state index is 12.9. The lowest BCUT2D eigenvalue weighted by atomic mass is 10.1. The number of ether oxygens (including phenoxy) is 1. The third-order valence-electron chi connectivity index (χ3n) is 4.13. The van der Waals surface area contributed by atoms with Crippen LogP contribution in [-0.4, -0.2) is 57.0 Å². The van der Waals surface area contributed by atoms with E-state index >= 15 is 0 Å². The molecule has 1 amide bonds. The molecular weight excluding hydrogens is 314 g/mol. The van der Waals surface area contributed by atoms with Crippen molar-refractivity contribution in [1.82, 2.24) is 4.90 Å². The van der Waals surface area contributed by atoms with Gasteiger partial charge in [-0.1, -0.05) is 17.2 Å². The predicted molar refractivity (Wildman–Crippen MR) is 90.5 cm³/mol. The highest BCUT2D eigenvalue weighted by Gasteiger charge is 2.34. The monoisotopic (exact) mass is 339 g/mol. The number of carbonyl (C=O) groups is 1. The molecule has 0 radical (unpaired) electrons. The zero-order valence-corrected chi connectivity index (χ0v) is 14.9. The molecule has 1 aliphatic rings. The Hall–Kier alpha value is -1.40. The van der Waals surface area contributed by atoms with Crippen LogP contribution in [-0.2, 0) is 14.6 Å². The smallest absolute Gasteiger partial charge is 0.254 e. The average Bonchev–Trinajstić information content (AvgIpc) is 2.82. The minimum atomic E-state index is -3.03. The Morgan fingerprint density at radius 3 is 2.43 bits per heavy atom. The summed E-state index contributed by atoms with van der Waals surface area (Å²) in [5.41, 5.74) is 2.69. The van der Waals surface area contributed by atoms with Crippen LogP contribution in [0.25, 0.3) is 0 Å². The van der Waals surface area contributed by atoms with Crippen molar-refractivity contribution in [3.8, 4) is 0 Å². The molecule has 0 N–H and O–H groups in total. The molecule has 1 fully saturated rings. The Kier molecular flexibility index (Phi) is 5.81. The molecule has 0 spiro atoms. The van der Waals surface area contributed by atoms with Crippen LogP contribution < -0.4 is 0 Å². The number of sulfone groups is 1. The highest BCUT2D eigenvalue weighted by Crippen LogP contribution is 2.21. The Morgan fingerprint density at radius 2 is 1.91 bits per heavy atom. The van der Waals surface area contributed by atoms with E-state index in [1.807, 2.05) is 32.0 Å². The molecule has 1 atom stereocenters. The first-order valence-corrected chi connectivity index (χ1v) is 9.73. The standard InChI is InChI=1S/C17H25NO4S/c1-13-9-14(2)11-15(10-13)17(19)18(6-4-7-22-3)16-5-8-23(20,21)12-16/h9-11,16H,4-8,12H2,1-3H3. The van der Waals surface area contributed by atoms with E-state index < -0.39 is 9.84 Å². The molecule has 1 aromatic rings. The summed E-state index contributed by atoms with van der Waals surface area (Å²) in [5, 5.41) is 0. The van der Waals surface area contributed by atoms with Gasteiger partial charge in [0.05, 0.1) is 11.5 Å². The van der Waals surface area contributed by atoms with Gasteiger partial charge in [0.2, 0.25) is 0 Å². The minimum absolute atomic E-state index is 0.0660. The Bertz CT molecular complexity index is 649. The molecule has 0 bridgehead atoms. The molecule has 5 nitrogen and oxygen atoms in total. The van der Waals surface area contributed by atoms with E-state index in [0.717, 1.165) is 11.1 Å². The minimum Gasteiger partial charge on any atom is -0.385 e. The normalized spacial score (nSPS) is 19.7. The van der Waals surface area contributed by atoms with Gasteiger partial charge in [-0.25, -0.2) is 8.42 Å². The van der Waals surface area contributed by atoms with Crippen molar-refractivity contribution in [2.24, 2.45) is 0 Å². The quantitative estimate of drug-likeness (QED) is 0.743. The summed E-state index contributed by atoms with van der Waals surface area (Å²) in [4.78, 5) is 14.7. The van der Waals surface area contributed by atoms with Crippen LogP contribution in [0.5, 0.6) is 0 Å². The fraction of sp³-hybridized carbons (Fsp3) is 0.588. The van der Waals surface area contributed by atoms with Crippen LogP contribution in [0.2, 0.25) is 0 Å². The number of nitrogens with zero attached hydrogens (tertiary/aromatic N) is 1. The maximum atomic E-state index is 12.9. The zero-order chi connectivity index (χ0) is 17.0. The van der Waals surface area contributed by atoms with Crippen molar-refractivity contribution in [3.63, 3.8) is 0 Å². The molecule has 1 unspecified atom stereocenters. The first kappa shape index (κ1) is 17.9. The van der Waals surface area contributed by atoms with Gasteiger partial charge >= 0.3 is 0 Å². The third kappa shape index (κ3) is 4.78. The van der Waals surface area contributed by atoms with Crippen LogP contribution >= 0.6 is 0 Å². The summed E-state index contributed by atoms with van der Waals surface area (Å²) in [5.74, 6) is 0.143. The van der Waals surface area contributed by atoms with E-state index in [1.54, 1.807) is 12.0 Å². The third-order valence-corrected chi connectivity index (χ3v) is 5.88. The van der Waals surface area contributed by atoms with E-state index in [0.29, 0.717) is 31.6 Å². The van der Waals surface area contributed by atoms with Crippen molar-refractivity contribution in [3.05, 3.63) is 34.9 Å². The van der Waals surface area contributed by atoms with E-state index in [1.165, 1.54) is 0 Å². The zero-order valence-electron chi connectivity index (χ0n) is 14.0. The summed E-state index contributed by atoms with van der Waals surface area (Å²) in [6.07, 6.45) is 1.22. The van der Waals surface area contributed by atoms with E-state index in [2.05, 4.69) is 0 Å². The van der Waals surface area contributed by atoms with Crippen molar-refractivity contribution in [2.45, 2.75) is 32.7 Å². The van der Waals surface area contributed by atoms with Gasteiger partial charge in [-0.15, -0.1) is 0 Å². The van der Waals surface area contributed by atoms with Gasteiger partial charge in [-0.3, -0.25) is 4.79 Å². The van der Waals surface area contributed by atoms with E-state index in [-0.39, 0.29) is 23.5 Å². The molecule has 1 saturated heterocycles. The molecule has 1 aliphatic heterocycles. The lowest BCUT2D eigenvalue weighted by molar-refractivity contribution is 0.0674. The number of methoxy groups -OCH3 is 1. The first-order valence-electron chi connectivity index (χ1n) is 7.91. The maximum Gasteiger partial charge on any atom is 0.254 e. The van der Waals surface area contributed by atoms with Crippen LogP contribution in [0.1, 0.15) is 34.3 Å². The number of aryl methyl sites for hydroxylation is 2. The fourth-order valence-electron chi connectivity index (χ4n) is 3.11. The summed E-state index contributed by atoms with van der Waals surface area (Å²) < 4.78 is 28.6. The number of benzene rings is 1. The lowest BCUT2D eigenvalue weighted by Gasteiger charge is -2.28. The number of carbonyl (C=O) groups excluding carboxylic acids is 1. The molecule has 2 rings (SSSR count). The van der Waals surface area contributed by atoms with Gasteiger partial charge in [0, 0.05) is 31.9 Å². The molecule has 0 aromatic heterocycles. The van der Waals surface area contributed by atoms with Gasteiger partial charge in [-0.05, 0) is 38.8 Å². The summed E-state index contributed by atoms with van der Waals surface area (Å²) in [7, 11) is -1.41. The van der Waals surface area contributed by atoms with E-state index in [9.17, 15) is 13.2 Å². The van der Waals surface area contributed by atoms with Crippen molar-refractivity contribution in [2.75, 3.05) is 31.8 Å². The molecule has 0 saturated carbocycles. The van der Waals surface area contributed by atoms with Crippen LogP contribution in [0.4, 0.5) is 0 Å². The molecule has 23 heavy (non-hydrogen) atoms. The van der Waals surface area contributed by atoms with Gasteiger partial charge in [0.25, 0.3) is 5.91 Å². The molecule has 128 valence electrons. The summed E-state index contributed by atoms with van der Waals surface area (Å²) in [6, 6.07) is 5.51. The van der Waals surface area contributed by atoms with Gasteiger partial charge in [0.15, 0.2) is 9.84 Å². The van der Waals surface area contributed by atoms with Crippen molar-refractivity contribution in [1.29, 1.82) is 0 Å². The molecular formula is C17H25NO4S. The van der Waals surface area contributed by atoms with E-state index in [4.69, 9.17) is 4.74 Å². The number of rotatable bonds is 6. The van der Waals surface area contributed by atoms with Gasteiger partial charge in [-0.2, -0.15) is 0 Å². The van der Waals surface area contributed by atoms with Crippen LogP contribution in [0, 0.1) is 13.8 Å². The van der Waals surface area contributed by atoms with Crippen molar-refractivity contribution < 1.29 is 17.9 Å². The second-order valence-electron chi connectivity index (χ2n) is 6.28. The summed E-state index contributed by atoms with van der Waals surface area (Å²) >= 11 is 0. The van der Waals surface area contributed by atoms with Gasteiger partial charge < -0.3 is 9.64 Å². The molecule has 1 heterocycles. The first-order chi connectivity index (χ1) is 10.8. The topological polar surface area (TPSA) is 63.7 Å². The second kappa shape index (κ2) is 7.45. The number of hydrogen-bond donors (Lipinski definition) is 0.